The van der Waals surface area contributed by atoms with Crippen molar-refractivity contribution in [3.63, 3.8) is 0 Å². The van der Waals surface area contributed by atoms with Gasteiger partial charge in [-0.3, -0.25) is 0 Å². The Morgan fingerprint density at radius 2 is 1.71 bits per heavy atom. The molecule has 0 heterocycles. The molecule has 0 aromatic heterocycles. The zero-order valence-electron chi connectivity index (χ0n) is 11.0. The van der Waals surface area contributed by atoms with E-state index in [0.29, 0.717) is 31.2 Å². The first-order chi connectivity index (χ1) is 9.79. The smallest absolute Gasteiger partial charge is 0.425 e. The van der Waals surface area contributed by atoms with E-state index < -0.39 is 30.3 Å². The largest absolute Gasteiger partial charge is 0.461 e. The molecule has 0 spiro atoms. The molecule has 1 aromatic rings. The van der Waals surface area contributed by atoms with E-state index in [0.717, 1.165) is 12.1 Å². The van der Waals surface area contributed by atoms with Crippen LogP contribution in [0.5, 0.6) is 5.75 Å². The average molecular weight is 312 g/mol. The summed E-state index contributed by atoms with van der Waals surface area (Å²) in [4.78, 5) is 0. The van der Waals surface area contributed by atoms with E-state index in [4.69, 9.17) is 0 Å². The van der Waals surface area contributed by atoms with Crippen LogP contribution in [-0.2, 0) is 0 Å². The number of hydrogen-bond donors (Lipinski definition) is 0. The minimum atomic E-state index is -4.74. The van der Waals surface area contributed by atoms with Crippen molar-refractivity contribution in [2.45, 2.75) is 50.3 Å². The summed E-state index contributed by atoms with van der Waals surface area (Å²) < 4.78 is 79.9. The third kappa shape index (κ3) is 3.83. The zero-order valence-corrected chi connectivity index (χ0v) is 11.0. The van der Waals surface area contributed by atoms with Crippen molar-refractivity contribution >= 4 is 0 Å². The second kappa shape index (κ2) is 6.15. The normalized spacial score (nSPS) is 23.4. The highest BCUT2D eigenvalue weighted by molar-refractivity contribution is 5.32. The molecule has 2 rings (SSSR count). The molecule has 7 heteroatoms. The van der Waals surface area contributed by atoms with Crippen molar-refractivity contribution in [2.75, 3.05) is 0 Å². The van der Waals surface area contributed by atoms with Crippen molar-refractivity contribution in [3.05, 3.63) is 29.6 Å². The summed E-state index contributed by atoms with van der Waals surface area (Å²) in [5.74, 6) is -2.12. The van der Waals surface area contributed by atoms with E-state index >= 15 is 0 Å². The summed E-state index contributed by atoms with van der Waals surface area (Å²) in [5, 5.41) is 0. The van der Waals surface area contributed by atoms with Gasteiger partial charge in [0.2, 0.25) is 0 Å². The fraction of sp³-hybridized carbons (Fsp3) is 0.571. The summed E-state index contributed by atoms with van der Waals surface area (Å²) in [7, 11) is 0. The van der Waals surface area contributed by atoms with Crippen LogP contribution in [0.15, 0.2) is 18.2 Å². The van der Waals surface area contributed by atoms with E-state index in [-0.39, 0.29) is 5.92 Å². The maximum Gasteiger partial charge on any atom is 0.461 e. The van der Waals surface area contributed by atoms with Crippen LogP contribution >= 0.6 is 0 Å². The van der Waals surface area contributed by atoms with Crippen molar-refractivity contribution in [3.8, 4) is 5.75 Å². The first kappa shape index (κ1) is 16.0. The van der Waals surface area contributed by atoms with Gasteiger partial charge in [-0.25, -0.2) is 8.78 Å². The highest BCUT2D eigenvalue weighted by atomic mass is 19.3. The Balaban J connectivity index is 2.11. The molecule has 118 valence electrons. The molecule has 0 atom stereocenters. The minimum absolute atomic E-state index is 0.0591. The zero-order chi connectivity index (χ0) is 15.6. The number of hydrogen-bond acceptors (Lipinski definition) is 1. The van der Waals surface area contributed by atoms with E-state index in [9.17, 15) is 26.3 Å². The molecule has 1 nitrogen and oxygen atoms in total. The van der Waals surface area contributed by atoms with Crippen LogP contribution in [0.1, 0.15) is 37.2 Å². The second-order valence-corrected chi connectivity index (χ2v) is 5.10. The number of ether oxygens (including phenoxy) is 1. The van der Waals surface area contributed by atoms with Crippen LogP contribution in [-0.4, -0.2) is 18.7 Å². The summed E-state index contributed by atoms with van der Waals surface area (Å²) in [5.41, 5.74) is 0.534. The monoisotopic (exact) mass is 312 g/mol. The maximum atomic E-state index is 13.7. The van der Waals surface area contributed by atoms with Gasteiger partial charge < -0.3 is 4.74 Å². The van der Waals surface area contributed by atoms with E-state index in [1.807, 2.05) is 0 Å². The number of rotatable bonds is 4. The molecule has 1 saturated carbocycles. The van der Waals surface area contributed by atoms with Gasteiger partial charge >= 0.3 is 12.5 Å². The molecule has 0 aliphatic heterocycles. The lowest BCUT2D eigenvalue weighted by atomic mass is 9.83. The lowest BCUT2D eigenvalue weighted by Crippen LogP contribution is -2.33. The Bertz CT molecular complexity index is 482. The molecular weight excluding hydrogens is 298 g/mol. The lowest BCUT2D eigenvalue weighted by Gasteiger charge is -2.25. The molecule has 1 aliphatic rings. The number of benzene rings is 1. The fourth-order valence-electron chi connectivity index (χ4n) is 2.43. The van der Waals surface area contributed by atoms with Crippen molar-refractivity contribution < 1.29 is 31.1 Å². The van der Waals surface area contributed by atoms with Crippen LogP contribution < -0.4 is 4.74 Å². The number of halogens is 6. The van der Waals surface area contributed by atoms with Gasteiger partial charge in [0.25, 0.3) is 0 Å². The predicted molar refractivity (Wildman–Crippen MR) is 64.1 cm³/mol. The van der Waals surface area contributed by atoms with Gasteiger partial charge in [-0.2, -0.15) is 17.6 Å². The molecular formula is C14H14F6O. The standard InChI is InChI=1S/C14H14F6O/c15-10-4-1-8(2-5-10)9-3-6-12(11(16)7-9)21-14(19,20)13(17)18/h3,6-8,10,13H,1-2,4-5H2. The Morgan fingerprint density at radius 1 is 1.10 bits per heavy atom. The van der Waals surface area contributed by atoms with E-state index in [1.165, 1.54) is 6.07 Å². The molecule has 0 bridgehead atoms. The SMILES string of the molecule is Fc1cc(C2CCC(F)CC2)ccc1OC(F)(F)C(F)F. The number of alkyl halides is 5. The van der Waals surface area contributed by atoms with Crippen molar-refractivity contribution in [2.24, 2.45) is 0 Å². The second-order valence-electron chi connectivity index (χ2n) is 5.10. The first-order valence-corrected chi connectivity index (χ1v) is 6.58. The van der Waals surface area contributed by atoms with Crippen LogP contribution in [0.4, 0.5) is 26.3 Å². The average Bonchev–Trinajstić information content (AvgIpc) is 2.41. The molecule has 1 aromatic carbocycles. The van der Waals surface area contributed by atoms with E-state index in [2.05, 4.69) is 4.74 Å². The molecule has 0 amide bonds. The maximum absolute atomic E-state index is 13.7. The van der Waals surface area contributed by atoms with Gasteiger partial charge in [0.1, 0.15) is 6.17 Å². The molecule has 0 radical (unpaired) electrons. The van der Waals surface area contributed by atoms with Gasteiger partial charge in [0.05, 0.1) is 0 Å². The van der Waals surface area contributed by atoms with Crippen molar-refractivity contribution in [1.29, 1.82) is 0 Å². The Morgan fingerprint density at radius 3 is 2.24 bits per heavy atom. The summed E-state index contributed by atoms with van der Waals surface area (Å²) in [6.07, 6.45) is -7.84. The summed E-state index contributed by atoms with van der Waals surface area (Å²) >= 11 is 0. The predicted octanol–water partition coefficient (Wildman–Crippen LogP) is 5.06. The van der Waals surface area contributed by atoms with Gasteiger partial charge in [0.15, 0.2) is 11.6 Å². The van der Waals surface area contributed by atoms with Crippen LogP contribution in [0.2, 0.25) is 0 Å². The van der Waals surface area contributed by atoms with E-state index in [1.54, 1.807) is 0 Å². The third-order valence-corrected chi connectivity index (χ3v) is 3.58. The first-order valence-electron chi connectivity index (χ1n) is 6.58. The molecule has 0 unspecified atom stereocenters. The van der Waals surface area contributed by atoms with Crippen molar-refractivity contribution in [1.82, 2.24) is 0 Å². The van der Waals surface area contributed by atoms with Gasteiger partial charge in [-0.15, -0.1) is 0 Å². The summed E-state index contributed by atoms with van der Waals surface area (Å²) in [6.45, 7) is 0. The third-order valence-electron chi connectivity index (χ3n) is 3.58. The molecule has 0 N–H and O–H groups in total. The fourth-order valence-corrected chi connectivity index (χ4v) is 2.43. The van der Waals surface area contributed by atoms with Gasteiger partial charge in [-0.1, -0.05) is 6.07 Å². The highest BCUT2D eigenvalue weighted by Gasteiger charge is 2.44. The van der Waals surface area contributed by atoms with Gasteiger partial charge in [0, 0.05) is 0 Å². The topological polar surface area (TPSA) is 9.23 Å². The Labute approximate surface area is 117 Å². The van der Waals surface area contributed by atoms with Gasteiger partial charge in [-0.05, 0) is 49.3 Å². The lowest BCUT2D eigenvalue weighted by molar-refractivity contribution is -0.254. The molecule has 21 heavy (non-hydrogen) atoms. The minimum Gasteiger partial charge on any atom is -0.425 e. The molecule has 1 fully saturated rings. The highest BCUT2D eigenvalue weighted by Crippen LogP contribution is 2.36. The molecule has 0 saturated heterocycles. The molecule has 1 aliphatic carbocycles. The summed E-state index contributed by atoms with van der Waals surface area (Å²) in [6, 6.07) is 3.24. The Kier molecular flexibility index (Phi) is 4.68. The Hall–Kier alpha value is -1.40. The van der Waals surface area contributed by atoms with Crippen LogP contribution in [0.25, 0.3) is 0 Å². The van der Waals surface area contributed by atoms with Crippen LogP contribution in [0, 0.1) is 5.82 Å². The quantitative estimate of drug-likeness (QED) is 0.706. The van der Waals surface area contributed by atoms with Crippen LogP contribution in [0.3, 0.4) is 0 Å².